The van der Waals surface area contributed by atoms with Gasteiger partial charge in [-0.05, 0) is 38.0 Å². The maximum absolute atomic E-state index is 13.1. The van der Waals surface area contributed by atoms with Crippen LogP contribution >= 0.6 is 11.3 Å². The number of aryl methyl sites for hydroxylation is 3. The lowest BCUT2D eigenvalue weighted by atomic mass is 10.1. The molecule has 0 radical (unpaired) electrons. The van der Waals surface area contributed by atoms with Crippen LogP contribution in [0.1, 0.15) is 32.2 Å². The zero-order valence-electron chi connectivity index (χ0n) is 16.2. The smallest absolute Gasteiger partial charge is 0.350 e. The van der Waals surface area contributed by atoms with Crippen molar-refractivity contribution in [3.05, 3.63) is 39.5 Å². The van der Waals surface area contributed by atoms with E-state index in [1.54, 1.807) is 9.80 Å². The van der Waals surface area contributed by atoms with E-state index in [9.17, 15) is 18.0 Å². The minimum Gasteiger partial charge on any atom is -0.350 e. The van der Waals surface area contributed by atoms with Gasteiger partial charge in [-0.2, -0.15) is 13.2 Å². The molecule has 1 fully saturated rings. The summed E-state index contributed by atoms with van der Waals surface area (Å²) in [6.45, 7) is 7.61. The van der Waals surface area contributed by atoms with E-state index in [-0.39, 0.29) is 11.0 Å². The van der Waals surface area contributed by atoms with Crippen molar-refractivity contribution >= 4 is 33.3 Å². The molecule has 4 rings (SSSR count). The Morgan fingerprint density at radius 3 is 2.41 bits per heavy atom. The Labute approximate surface area is 169 Å². The molecule has 154 valence electrons. The first-order chi connectivity index (χ1) is 13.6. The fourth-order valence-corrected chi connectivity index (χ4v) is 4.48. The number of aromatic nitrogens is 3. The minimum atomic E-state index is -4.49. The zero-order chi connectivity index (χ0) is 20.9. The Morgan fingerprint density at radius 1 is 1.10 bits per heavy atom. The molecular formula is C19H20F3N5OS. The van der Waals surface area contributed by atoms with Gasteiger partial charge in [-0.25, -0.2) is 0 Å². The monoisotopic (exact) mass is 423 g/mol. The van der Waals surface area contributed by atoms with Crippen molar-refractivity contribution in [2.75, 3.05) is 31.1 Å². The van der Waals surface area contributed by atoms with E-state index >= 15 is 0 Å². The number of piperazine rings is 1. The number of nitrogens with one attached hydrogen (secondary N) is 1. The van der Waals surface area contributed by atoms with Gasteiger partial charge in [0.1, 0.15) is 5.69 Å². The lowest BCUT2D eigenvalue weighted by Crippen LogP contribution is -2.49. The van der Waals surface area contributed by atoms with Crippen molar-refractivity contribution in [3.8, 4) is 0 Å². The Morgan fingerprint density at radius 2 is 1.79 bits per heavy atom. The van der Waals surface area contributed by atoms with Gasteiger partial charge in [0.15, 0.2) is 0 Å². The van der Waals surface area contributed by atoms with Gasteiger partial charge in [-0.1, -0.05) is 23.0 Å². The van der Waals surface area contributed by atoms with E-state index in [0.717, 1.165) is 27.6 Å². The molecule has 1 N–H and O–H groups in total. The first-order valence-corrected chi connectivity index (χ1v) is 10.0. The van der Waals surface area contributed by atoms with Gasteiger partial charge in [-0.3, -0.25) is 4.79 Å². The first kappa shape index (κ1) is 19.7. The fraction of sp³-hybridized carbons (Fsp3) is 0.421. The highest BCUT2D eigenvalue weighted by Crippen LogP contribution is 2.34. The maximum atomic E-state index is 13.1. The normalized spacial score (nSPS) is 15.4. The number of halogens is 3. The van der Waals surface area contributed by atoms with Crippen LogP contribution in [0.5, 0.6) is 0 Å². The molecule has 0 spiro atoms. The van der Waals surface area contributed by atoms with Gasteiger partial charge < -0.3 is 14.8 Å². The summed E-state index contributed by atoms with van der Waals surface area (Å²) in [6.07, 6.45) is -4.49. The Bertz CT molecular complexity index is 1080. The molecule has 29 heavy (non-hydrogen) atoms. The molecule has 6 nitrogen and oxygen atoms in total. The molecule has 1 aliphatic heterocycles. The van der Waals surface area contributed by atoms with Crippen LogP contribution in [-0.4, -0.2) is 52.2 Å². The molecular weight excluding hydrogens is 403 g/mol. The van der Waals surface area contributed by atoms with E-state index < -0.39 is 11.2 Å². The summed E-state index contributed by atoms with van der Waals surface area (Å²) in [5, 5.41) is 7.21. The predicted molar refractivity (Wildman–Crippen MR) is 106 cm³/mol. The summed E-state index contributed by atoms with van der Waals surface area (Å²) in [4.78, 5) is 19.8. The number of hydrogen-bond acceptors (Lipinski definition) is 5. The number of anilines is 1. The van der Waals surface area contributed by atoms with Gasteiger partial charge in [0.2, 0.25) is 10.1 Å². The van der Waals surface area contributed by atoms with Gasteiger partial charge >= 0.3 is 6.18 Å². The molecule has 1 amide bonds. The van der Waals surface area contributed by atoms with E-state index in [1.807, 2.05) is 20.8 Å². The number of nitrogens with zero attached hydrogens (tertiary/aromatic N) is 4. The number of benzene rings is 1. The highest BCUT2D eigenvalue weighted by atomic mass is 32.1. The molecule has 10 heteroatoms. The van der Waals surface area contributed by atoms with Gasteiger partial charge in [0.25, 0.3) is 5.91 Å². The van der Waals surface area contributed by atoms with Crippen molar-refractivity contribution in [2.24, 2.45) is 0 Å². The van der Waals surface area contributed by atoms with Crippen molar-refractivity contribution in [2.45, 2.75) is 26.9 Å². The number of H-pyrrole nitrogens is 1. The summed E-state index contributed by atoms with van der Waals surface area (Å²) in [5.74, 6) is -0.0938. The fourth-order valence-electron chi connectivity index (χ4n) is 3.71. The molecule has 0 atom stereocenters. The lowest BCUT2D eigenvalue weighted by molar-refractivity contribution is -0.138. The standard InChI is InChI=1S/C19H20F3N5OS/c1-10-8-11(2)14-13(9-10)12(3)15(23-14)16(28)26-4-6-27(7-5-26)18-25-24-17(29-18)19(20,21)22/h8-9,23H,4-7H2,1-3H3. The second kappa shape index (κ2) is 7.01. The first-order valence-electron chi connectivity index (χ1n) is 9.19. The van der Waals surface area contributed by atoms with Crippen LogP contribution in [0.4, 0.5) is 18.3 Å². The zero-order valence-corrected chi connectivity index (χ0v) is 17.0. The van der Waals surface area contributed by atoms with Crippen LogP contribution in [0.15, 0.2) is 12.1 Å². The Hall–Kier alpha value is -2.62. The molecule has 1 aromatic carbocycles. The van der Waals surface area contributed by atoms with E-state index in [1.165, 1.54) is 0 Å². The summed E-state index contributed by atoms with van der Waals surface area (Å²) >= 11 is 0.530. The third kappa shape index (κ3) is 3.57. The van der Waals surface area contributed by atoms with Gasteiger partial charge in [0.05, 0.1) is 0 Å². The largest absolute Gasteiger partial charge is 0.445 e. The molecule has 0 bridgehead atoms. The second-order valence-electron chi connectivity index (χ2n) is 7.30. The number of fused-ring (bicyclic) bond motifs is 1. The number of alkyl halides is 3. The van der Waals surface area contributed by atoms with Crippen molar-refractivity contribution < 1.29 is 18.0 Å². The maximum Gasteiger partial charge on any atom is 0.445 e. The summed E-state index contributed by atoms with van der Waals surface area (Å²) in [6, 6.07) is 4.14. The lowest BCUT2D eigenvalue weighted by Gasteiger charge is -2.34. The highest BCUT2D eigenvalue weighted by Gasteiger charge is 2.36. The average molecular weight is 423 g/mol. The van der Waals surface area contributed by atoms with Crippen LogP contribution in [0.3, 0.4) is 0 Å². The van der Waals surface area contributed by atoms with Crippen LogP contribution in [0, 0.1) is 20.8 Å². The average Bonchev–Trinajstić information content (AvgIpc) is 3.28. The number of rotatable bonds is 2. The topological polar surface area (TPSA) is 65.1 Å². The number of hydrogen-bond donors (Lipinski definition) is 1. The van der Waals surface area contributed by atoms with Crippen LogP contribution < -0.4 is 4.90 Å². The number of carbonyl (C=O) groups excluding carboxylic acids is 1. The van der Waals surface area contributed by atoms with E-state index in [4.69, 9.17) is 0 Å². The van der Waals surface area contributed by atoms with Gasteiger partial charge in [0, 0.05) is 37.1 Å². The van der Waals surface area contributed by atoms with Crippen molar-refractivity contribution in [1.29, 1.82) is 0 Å². The summed E-state index contributed by atoms with van der Waals surface area (Å²) < 4.78 is 38.2. The Balaban J connectivity index is 1.50. The molecule has 3 heterocycles. The molecule has 0 saturated carbocycles. The van der Waals surface area contributed by atoms with Crippen LogP contribution in [0.2, 0.25) is 0 Å². The van der Waals surface area contributed by atoms with E-state index in [2.05, 4.69) is 27.3 Å². The molecule has 1 aliphatic rings. The number of aromatic amines is 1. The highest BCUT2D eigenvalue weighted by molar-refractivity contribution is 7.15. The molecule has 0 unspecified atom stereocenters. The Kier molecular flexibility index (Phi) is 4.76. The minimum absolute atomic E-state index is 0.0938. The summed E-state index contributed by atoms with van der Waals surface area (Å²) in [7, 11) is 0. The second-order valence-corrected chi connectivity index (χ2v) is 8.25. The van der Waals surface area contributed by atoms with Crippen LogP contribution in [-0.2, 0) is 6.18 Å². The van der Waals surface area contributed by atoms with Crippen molar-refractivity contribution in [1.82, 2.24) is 20.1 Å². The number of amides is 1. The quantitative estimate of drug-likeness (QED) is 0.679. The summed E-state index contributed by atoms with van der Waals surface area (Å²) in [5.41, 5.74) is 4.67. The van der Waals surface area contributed by atoms with Crippen LogP contribution in [0.25, 0.3) is 10.9 Å². The van der Waals surface area contributed by atoms with Gasteiger partial charge in [-0.15, -0.1) is 10.2 Å². The third-order valence-corrected chi connectivity index (χ3v) is 6.25. The molecule has 3 aromatic rings. The number of carbonyl (C=O) groups is 1. The molecule has 0 aliphatic carbocycles. The third-order valence-electron chi connectivity index (χ3n) is 5.22. The van der Waals surface area contributed by atoms with Crippen molar-refractivity contribution in [3.63, 3.8) is 0 Å². The molecule has 2 aromatic heterocycles. The molecule has 1 saturated heterocycles. The predicted octanol–water partition coefficient (Wildman–Crippen LogP) is 3.93. The van der Waals surface area contributed by atoms with E-state index in [0.29, 0.717) is 43.2 Å². The SMILES string of the molecule is Cc1cc(C)c2[nH]c(C(=O)N3CCN(c4nnc(C(F)(F)F)s4)CC3)c(C)c2c1.